The number of aromatic nitrogens is 3. The van der Waals surface area contributed by atoms with Crippen molar-refractivity contribution in [1.29, 1.82) is 0 Å². The number of hydrogen-bond acceptors (Lipinski definition) is 4. The van der Waals surface area contributed by atoms with E-state index in [1.54, 1.807) is 24.5 Å². The first-order valence-electron chi connectivity index (χ1n) is 13.1. The van der Waals surface area contributed by atoms with Gasteiger partial charge in [0.25, 0.3) is 5.91 Å². The monoisotopic (exact) mass is 495 g/mol. The molecule has 0 spiro atoms. The number of carbonyl (C=O) groups is 2. The highest BCUT2D eigenvalue weighted by molar-refractivity contribution is 5.94. The predicted octanol–water partition coefficient (Wildman–Crippen LogP) is 5.28. The van der Waals surface area contributed by atoms with Gasteiger partial charge in [-0.15, -0.1) is 0 Å². The van der Waals surface area contributed by atoms with Crippen molar-refractivity contribution in [3.63, 3.8) is 0 Å². The lowest BCUT2D eigenvalue weighted by molar-refractivity contribution is -0.135. The molecule has 1 atom stereocenters. The van der Waals surface area contributed by atoms with Crippen molar-refractivity contribution in [2.24, 2.45) is 0 Å². The number of nitrogens with one attached hydrogen (secondary N) is 1. The van der Waals surface area contributed by atoms with Gasteiger partial charge in [-0.3, -0.25) is 14.6 Å². The maximum atomic E-state index is 14.0. The van der Waals surface area contributed by atoms with Gasteiger partial charge in [0.05, 0.1) is 17.1 Å². The molecular formula is C30H33N5O2. The maximum absolute atomic E-state index is 14.0. The number of para-hydroxylation sites is 2. The van der Waals surface area contributed by atoms with E-state index in [1.165, 1.54) is 6.42 Å². The van der Waals surface area contributed by atoms with Crippen LogP contribution in [-0.2, 0) is 17.9 Å². The molecule has 1 unspecified atom stereocenters. The molecule has 1 aliphatic carbocycles. The molecule has 2 amide bonds. The molecule has 37 heavy (non-hydrogen) atoms. The molecule has 4 aromatic rings. The molecule has 0 radical (unpaired) electrons. The predicted molar refractivity (Wildman–Crippen MR) is 144 cm³/mol. The van der Waals surface area contributed by atoms with E-state index in [4.69, 9.17) is 4.98 Å². The summed E-state index contributed by atoms with van der Waals surface area (Å²) in [6, 6.07) is 21.2. The minimum Gasteiger partial charge on any atom is -0.342 e. The summed E-state index contributed by atoms with van der Waals surface area (Å²) in [6.07, 6.45) is 8.80. The van der Waals surface area contributed by atoms with E-state index >= 15 is 0 Å². The van der Waals surface area contributed by atoms with Crippen molar-refractivity contribution >= 4 is 22.8 Å². The zero-order chi connectivity index (χ0) is 25.6. The number of imidazole rings is 1. The maximum Gasteiger partial charge on any atom is 0.251 e. The first-order chi connectivity index (χ1) is 18.1. The highest BCUT2D eigenvalue weighted by atomic mass is 16.2. The summed E-state index contributed by atoms with van der Waals surface area (Å²) >= 11 is 0. The number of benzene rings is 2. The third-order valence-corrected chi connectivity index (χ3v) is 7.19. The van der Waals surface area contributed by atoms with Crippen molar-refractivity contribution in [3.05, 3.63) is 96.1 Å². The van der Waals surface area contributed by atoms with E-state index in [9.17, 15) is 9.59 Å². The Balaban J connectivity index is 1.43. The molecule has 0 bridgehead atoms. The third kappa shape index (κ3) is 5.71. The number of carbonyl (C=O) groups excluding carboxylic acids is 2. The number of pyridine rings is 1. The van der Waals surface area contributed by atoms with Crippen LogP contribution in [0.5, 0.6) is 0 Å². The fraction of sp³-hybridized carbons (Fsp3) is 0.333. The Hall–Kier alpha value is -4.00. The van der Waals surface area contributed by atoms with Crippen LogP contribution in [0, 0.1) is 0 Å². The van der Waals surface area contributed by atoms with E-state index in [1.807, 2.05) is 54.0 Å². The van der Waals surface area contributed by atoms with Gasteiger partial charge in [0.2, 0.25) is 5.91 Å². The van der Waals surface area contributed by atoms with Crippen molar-refractivity contribution in [2.45, 2.75) is 64.2 Å². The van der Waals surface area contributed by atoms with Crippen molar-refractivity contribution < 1.29 is 9.59 Å². The molecule has 2 aromatic heterocycles. The standard InChI is InChI=1S/C30H33N5O2/c1-22(32-30(37)24-16-18-31-19-17-24)29-33-26-14-8-9-15-27(26)35(29)21-28(36)34(25-12-6-3-7-13-25)20-23-10-4-2-5-11-23/h2,4-5,8-11,14-19,22,25H,3,6-7,12-13,20-21H2,1H3,(H,32,37). The molecule has 7 nitrogen and oxygen atoms in total. The van der Waals surface area contributed by atoms with Crippen LogP contribution in [0.2, 0.25) is 0 Å². The topological polar surface area (TPSA) is 80.1 Å². The van der Waals surface area contributed by atoms with E-state index in [0.717, 1.165) is 42.3 Å². The lowest BCUT2D eigenvalue weighted by Crippen LogP contribution is -2.43. The van der Waals surface area contributed by atoms with Gasteiger partial charge in [-0.1, -0.05) is 61.7 Å². The van der Waals surface area contributed by atoms with Crippen LogP contribution in [0.15, 0.2) is 79.1 Å². The van der Waals surface area contributed by atoms with Gasteiger partial charge in [0, 0.05) is 30.5 Å². The Bertz CT molecular complexity index is 1350. The number of fused-ring (bicyclic) bond motifs is 1. The van der Waals surface area contributed by atoms with Crippen LogP contribution in [0.1, 0.15) is 66.8 Å². The van der Waals surface area contributed by atoms with Gasteiger partial charge in [-0.05, 0) is 49.6 Å². The van der Waals surface area contributed by atoms with Crippen LogP contribution in [0.25, 0.3) is 11.0 Å². The third-order valence-electron chi connectivity index (χ3n) is 7.19. The first-order valence-corrected chi connectivity index (χ1v) is 13.1. The zero-order valence-corrected chi connectivity index (χ0v) is 21.2. The van der Waals surface area contributed by atoms with E-state index in [0.29, 0.717) is 17.9 Å². The highest BCUT2D eigenvalue weighted by Gasteiger charge is 2.28. The lowest BCUT2D eigenvalue weighted by atomic mass is 9.93. The molecule has 190 valence electrons. The van der Waals surface area contributed by atoms with E-state index in [-0.39, 0.29) is 24.4 Å². The SMILES string of the molecule is CC(NC(=O)c1ccncc1)c1nc2ccccc2n1CC(=O)N(Cc1ccccc1)C1CCCCC1. The molecule has 0 aliphatic heterocycles. The van der Waals surface area contributed by atoms with Crippen molar-refractivity contribution in [3.8, 4) is 0 Å². The number of hydrogen-bond donors (Lipinski definition) is 1. The minimum absolute atomic E-state index is 0.0767. The average Bonchev–Trinajstić information content (AvgIpc) is 3.31. The van der Waals surface area contributed by atoms with Gasteiger partial charge < -0.3 is 14.8 Å². The summed E-state index contributed by atoms with van der Waals surface area (Å²) in [5, 5.41) is 3.04. The van der Waals surface area contributed by atoms with Gasteiger partial charge in [0.1, 0.15) is 12.4 Å². The normalized spacial score (nSPS) is 14.8. The number of nitrogens with zero attached hydrogens (tertiary/aromatic N) is 4. The summed E-state index contributed by atoms with van der Waals surface area (Å²) in [5.41, 5.74) is 3.36. The Labute approximate surface area is 217 Å². The van der Waals surface area contributed by atoms with Gasteiger partial charge in [-0.2, -0.15) is 0 Å². The Morgan fingerprint density at radius 3 is 2.43 bits per heavy atom. The molecule has 5 rings (SSSR count). The van der Waals surface area contributed by atoms with Crippen molar-refractivity contribution in [2.75, 3.05) is 0 Å². The summed E-state index contributed by atoms with van der Waals surface area (Å²) in [5.74, 6) is 0.542. The molecule has 2 heterocycles. The second-order valence-electron chi connectivity index (χ2n) is 9.77. The first kappa shape index (κ1) is 24.7. The van der Waals surface area contributed by atoms with Crippen LogP contribution >= 0.6 is 0 Å². The second-order valence-corrected chi connectivity index (χ2v) is 9.77. The van der Waals surface area contributed by atoms with Crippen LogP contribution in [0.3, 0.4) is 0 Å². The molecule has 1 fully saturated rings. The second kappa shape index (κ2) is 11.4. The van der Waals surface area contributed by atoms with Crippen LogP contribution in [-0.4, -0.2) is 37.3 Å². The van der Waals surface area contributed by atoms with E-state index < -0.39 is 6.04 Å². The average molecular weight is 496 g/mol. The quantitative estimate of drug-likeness (QED) is 0.360. The number of amides is 2. The zero-order valence-electron chi connectivity index (χ0n) is 21.2. The minimum atomic E-state index is -0.391. The number of rotatable bonds is 8. The molecule has 2 aromatic carbocycles. The summed E-state index contributed by atoms with van der Waals surface area (Å²) in [4.78, 5) is 37.7. The lowest BCUT2D eigenvalue weighted by Gasteiger charge is -2.35. The fourth-order valence-corrected chi connectivity index (χ4v) is 5.26. The van der Waals surface area contributed by atoms with Crippen LogP contribution < -0.4 is 5.32 Å². The summed E-state index contributed by atoms with van der Waals surface area (Å²) in [6.45, 7) is 2.68. The van der Waals surface area contributed by atoms with Gasteiger partial charge in [-0.25, -0.2) is 4.98 Å². The smallest absolute Gasteiger partial charge is 0.251 e. The van der Waals surface area contributed by atoms with E-state index in [2.05, 4.69) is 27.3 Å². The Morgan fingerprint density at radius 2 is 1.68 bits per heavy atom. The Kier molecular flexibility index (Phi) is 7.59. The van der Waals surface area contributed by atoms with Gasteiger partial charge in [0.15, 0.2) is 0 Å². The molecule has 0 saturated heterocycles. The summed E-state index contributed by atoms with van der Waals surface area (Å²) in [7, 11) is 0. The largest absolute Gasteiger partial charge is 0.342 e. The fourth-order valence-electron chi connectivity index (χ4n) is 5.26. The molecule has 1 N–H and O–H groups in total. The highest BCUT2D eigenvalue weighted by Crippen LogP contribution is 2.26. The van der Waals surface area contributed by atoms with Gasteiger partial charge >= 0.3 is 0 Å². The molecule has 1 saturated carbocycles. The van der Waals surface area contributed by atoms with Crippen LogP contribution in [0.4, 0.5) is 0 Å². The van der Waals surface area contributed by atoms with Crippen molar-refractivity contribution in [1.82, 2.24) is 24.8 Å². The molecule has 1 aliphatic rings. The molecular weight excluding hydrogens is 462 g/mol. The molecule has 7 heteroatoms. The Morgan fingerprint density at radius 1 is 0.973 bits per heavy atom. The summed E-state index contributed by atoms with van der Waals surface area (Å²) < 4.78 is 1.97.